The number of carbonyl (C=O) groups is 1. The minimum Gasteiger partial charge on any atom is -0.353 e. The lowest BCUT2D eigenvalue weighted by molar-refractivity contribution is -0.137. The number of carbonyl (C=O) groups excluding carboxylic acids is 1. The maximum atomic E-state index is 13.5. The second-order valence-corrected chi connectivity index (χ2v) is 10.6. The van der Waals surface area contributed by atoms with Gasteiger partial charge in [0.15, 0.2) is 0 Å². The van der Waals surface area contributed by atoms with Crippen molar-refractivity contribution in [3.8, 4) is 0 Å². The fourth-order valence-electron chi connectivity index (χ4n) is 7.00. The van der Waals surface area contributed by atoms with Crippen LogP contribution in [0.4, 0.5) is 0 Å². The monoisotopic (exact) mass is 382 g/mol. The van der Waals surface area contributed by atoms with Gasteiger partial charge in [-0.25, -0.2) is 0 Å². The third-order valence-electron chi connectivity index (χ3n) is 8.07. The first-order valence-electron chi connectivity index (χ1n) is 11.5. The highest BCUT2D eigenvalue weighted by atomic mass is 16.2. The van der Waals surface area contributed by atoms with E-state index >= 15 is 0 Å². The van der Waals surface area contributed by atoms with Gasteiger partial charge >= 0.3 is 0 Å². The van der Waals surface area contributed by atoms with Gasteiger partial charge in [0.05, 0.1) is 0 Å². The Morgan fingerprint density at radius 2 is 1.82 bits per heavy atom. The summed E-state index contributed by atoms with van der Waals surface area (Å²) >= 11 is 0. The summed E-state index contributed by atoms with van der Waals surface area (Å²) in [7, 11) is 0. The smallest absolute Gasteiger partial charge is 0.226 e. The van der Waals surface area contributed by atoms with Crippen LogP contribution in [-0.4, -0.2) is 18.5 Å². The van der Waals surface area contributed by atoms with Gasteiger partial charge in [-0.2, -0.15) is 0 Å². The first kappa shape index (κ1) is 19.9. The van der Waals surface area contributed by atoms with Gasteiger partial charge < -0.3 is 11.1 Å². The van der Waals surface area contributed by atoms with Crippen LogP contribution in [0.5, 0.6) is 0 Å². The molecule has 3 heteroatoms. The van der Waals surface area contributed by atoms with Gasteiger partial charge in [0.1, 0.15) is 0 Å². The molecule has 0 saturated heterocycles. The summed E-state index contributed by atoms with van der Waals surface area (Å²) in [5.41, 5.74) is 7.21. The maximum absolute atomic E-state index is 13.5. The van der Waals surface area contributed by atoms with E-state index in [2.05, 4.69) is 49.5 Å². The molecule has 4 rings (SSSR count). The molecule has 0 spiro atoms. The van der Waals surface area contributed by atoms with Gasteiger partial charge in [-0.1, -0.05) is 44.2 Å². The second-order valence-electron chi connectivity index (χ2n) is 10.6. The van der Waals surface area contributed by atoms with Crippen molar-refractivity contribution in [2.45, 2.75) is 83.1 Å². The molecule has 3 N–H and O–H groups in total. The molecule has 2 bridgehead atoms. The standard InChI is InChI=1S/C25H38N2O/c1-18-12-20-14-24(2,23(28)27-22-10-8-19(16-26)9-11-22)17-25(13-18,15-20)21-6-4-3-5-7-21/h3-7,18-20,22H,8-17,26H2,1-2H3,(H,27,28). The third-order valence-corrected chi connectivity index (χ3v) is 8.07. The number of fused-ring (bicyclic) bond motifs is 2. The predicted molar refractivity (Wildman–Crippen MR) is 115 cm³/mol. The van der Waals surface area contributed by atoms with Crippen molar-refractivity contribution < 1.29 is 4.79 Å². The van der Waals surface area contributed by atoms with E-state index in [0.29, 0.717) is 23.8 Å². The molecule has 4 atom stereocenters. The molecule has 3 nitrogen and oxygen atoms in total. The number of benzene rings is 1. The molecule has 4 unspecified atom stereocenters. The Labute approximate surface area is 170 Å². The van der Waals surface area contributed by atoms with Gasteiger partial charge in [-0.15, -0.1) is 0 Å². The number of rotatable bonds is 4. The number of hydrogen-bond donors (Lipinski definition) is 2. The summed E-state index contributed by atoms with van der Waals surface area (Å²) in [4.78, 5) is 13.5. The minimum absolute atomic E-state index is 0.172. The zero-order valence-corrected chi connectivity index (χ0v) is 17.8. The van der Waals surface area contributed by atoms with E-state index in [0.717, 1.165) is 51.0 Å². The van der Waals surface area contributed by atoms with Crippen LogP contribution >= 0.6 is 0 Å². The van der Waals surface area contributed by atoms with Gasteiger partial charge in [0, 0.05) is 11.5 Å². The number of nitrogens with one attached hydrogen (secondary N) is 1. The van der Waals surface area contributed by atoms with Crippen molar-refractivity contribution in [2.24, 2.45) is 28.9 Å². The summed E-state index contributed by atoms with van der Waals surface area (Å²) in [6.45, 7) is 5.44. The molecule has 3 fully saturated rings. The average Bonchev–Trinajstić information content (AvgIpc) is 2.68. The Morgan fingerprint density at radius 3 is 2.50 bits per heavy atom. The van der Waals surface area contributed by atoms with E-state index in [1.54, 1.807) is 0 Å². The quantitative estimate of drug-likeness (QED) is 0.786. The van der Waals surface area contributed by atoms with Crippen molar-refractivity contribution in [2.75, 3.05) is 6.54 Å². The Balaban J connectivity index is 1.52. The van der Waals surface area contributed by atoms with Crippen LogP contribution in [0, 0.1) is 23.2 Å². The molecule has 154 valence electrons. The predicted octanol–water partition coefficient (Wildman–Crippen LogP) is 4.79. The Morgan fingerprint density at radius 1 is 1.11 bits per heavy atom. The molecule has 3 aliphatic carbocycles. The number of hydrogen-bond acceptors (Lipinski definition) is 2. The molecule has 1 amide bonds. The SMILES string of the molecule is CC1CC2CC(C)(C(=O)NC3CCC(CN)CC3)CC(c3ccccc3)(C1)C2. The Bertz CT molecular complexity index is 677. The van der Waals surface area contributed by atoms with Crippen molar-refractivity contribution in [3.05, 3.63) is 35.9 Å². The molecule has 3 saturated carbocycles. The highest BCUT2D eigenvalue weighted by Crippen LogP contribution is 2.58. The van der Waals surface area contributed by atoms with Crippen LogP contribution in [-0.2, 0) is 10.2 Å². The molecule has 0 heterocycles. The molecular formula is C25H38N2O. The summed E-state index contributed by atoms with van der Waals surface area (Å²) in [6.07, 6.45) is 10.3. The molecule has 1 aromatic carbocycles. The van der Waals surface area contributed by atoms with Crippen LogP contribution in [0.2, 0.25) is 0 Å². The van der Waals surface area contributed by atoms with Crippen LogP contribution in [0.1, 0.15) is 77.2 Å². The van der Waals surface area contributed by atoms with Crippen molar-refractivity contribution in [3.63, 3.8) is 0 Å². The van der Waals surface area contributed by atoms with Crippen LogP contribution < -0.4 is 11.1 Å². The molecule has 0 aliphatic heterocycles. The van der Waals surface area contributed by atoms with Gasteiger partial charge in [-0.05, 0) is 93.1 Å². The van der Waals surface area contributed by atoms with E-state index in [1.807, 2.05) is 0 Å². The van der Waals surface area contributed by atoms with Crippen molar-refractivity contribution >= 4 is 5.91 Å². The summed E-state index contributed by atoms with van der Waals surface area (Å²) in [5.74, 6) is 2.38. The molecule has 0 radical (unpaired) electrons. The van der Waals surface area contributed by atoms with Gasteiger partial charge in [0.25, 0.3) is 0 Å². The lowest BCUT2D eigenvalue weighted by atomic mass is 9.50. The molecular weight excluding hydrogens is 344 g/mol. The normalized spacial score (nSPS) is 40.7. The Kier molecular flexibility index (Phi) is 5.57. The zero-order chi connectivity index (χ0) is 19.8. The summed E-state index contributed by atoms with van der Waals surface area (Å²) < 4.78 is 0. The highest BCUT2D eigenvalue weighted by molar-refractivity contribution is 5.83. The zero-order valence-electron chi connectivity index (χ0n) is 17.8. The average molecular weight is 383 g/mol. The Hall–Kier alpha value is -1.35. The number of amides is 1. The largest absolute Gasteiger partial charge is 0.353 e. The second kappa shape index (κ2) is 7.82. The van der Waals surface area contributed by atoms with Crippen LogP contribution in [0.15, 0.2) is 30.3 Å². The van der Waals surface area contributed by atoms with Crippen molar-refractivity contribution in [1.29, 1.82) is 0 Å². The molecule has 1 aromatic rings. The van der Waals surface area contributed by atoms with Gasteiger partial charge in [-0.3, -0.25) is 4.79 Å². The van der Waals surface area contributed by atoms with Crippen molar-refractivity contribution in [1.82, 2.24) is 5.32 Å². The van der Waals surface area contributed by atoms with Crippen LogP contribution in [0.3, 0.4) is 0 Å². The van der Waals surface area contributed by atoms with E-state index in [1.165, 1.54) is 24.8 Å². The van der Waals surface area contributed by atoms with Gasteiger partial charge in [0.2, 0.25) is 5.91 Å². The molecule has 0 aromatic heterocycles. The number of nitrogens with two attached hydrogens (primary N) is 1. The fourth-order valence-corrected chi connectivity index (χ4v) is 7.00. The summed E-state index contributed by atoms with van der Waals surface area (Å²) in [5, 5.41) is 3.46. The summed E-state index contributed by atoms with van der Waals surface area (Å²) in [6, 6.07) is 11.4. The van der Waals surface area contributed by atoms with E-state index in [9.17, 15) is 4.79 Å². The first-order chi connectivity index (χ1) is 13.4. The van der Waals surface area contributed by atoms with Crippen LogP contribution in [0.25, 0.3) is 0 Å². The molecule has 3 aliphatic rings. The van der Waals surface area contributed by atoms with E-state index < -0.39 is 0 Å². The van der Waals surface area contributed by atoms with E-state index in [-0.39, 0.29) is 10.8 Å². The fraction of sp³-hybridized carbons (Fsp3) is 0.720. The topological polar surface area (TPSA) is 55.1 Å². The lowest BCUT2D eigenvalue weighted by Crippen LogP contribution is -2.54. The minimum atomic E-state index is -0.246. The molecule has 28 heavy (non-hydrogen) atoms. The first-order valence-corrected chi connectivity index (χ1v) is 11.5. The third kappa shape index (κ3) is 3.87. The van der Waals surface area contributed by atoms with E-state index in [4.69, 9.17) is 5.73 Å². The lowest BCUT2D eigenvalue weighted by Gasteiger charge is -2.54. The highest BCUT2D eigenvalue weighted by Gasteiger charge is 2.53. The maximum Gasteiger partial charge on any atom is 0.226 e.